The summed E-state index contributed by atoms with van der Waals surface area (Å²) in [4.78, 5) is 15.8. The van der Waals surface area contributed by atoms with E-state index in [-0.39, 0.29) is 29.6 Å². The molecule has 1 saturated heterocycles. The van der Waals surface area contributed by atoms with Gasteiger partial charge in [-0.3, -0.25) is 0 Å². The largest absolute Gasteiger partial charge is 0.370 e. The van der Waals surface area contributed by atoms with Crippen LogP contribution in [0.1, 0.15) is 13.3 Å². The monoisotopic (exact) mass is 339 g/mol. The standard InChI is InChI=1S/C16H25N3O3S/c1-13(18(2)14-7-5-4-6-8-14)11-17-16(20)19(3)15-9-10-23(21,22)12-15/h4-8,13,15H,9-12H2,1-3H3,(H,17,20)/t13-,15+/m1/s1. The first-order valence-corrected chi connectivity index (χ1v) is 9.61. The van der Waals surface area contributed by atoms with Crippen molar-refractivity contribution in [3.8, 4) is 0 Å². The normalized spacial score (nSPS) is 20.7. The fourth-order valence-electron chi connectivity index (χ4n) is 2.66. The third kappa shape index (κ3) is 4.60. The Morgan fingerprint density at radius 2 is 1.96 bits per heavy atom. The molecule has 0 aliphatic carbocycles. The van der Waals surface area contributed by atoms with Crippen molar-refractivity contribution in [1.29, 1.82) is 0 Å². The molecule has 0 unspecified atom stereocenters. The van der Waals surface area contributed by atoms with E-state index < -0.39 is 9.84 Å². The number of anilines is 1. The van der Waals surface area contributed by atoms with E-state index in [1.54, 1.807) is 7.05 Å². The molecule has 2 atom stereocenters. The number of hydrogen-bond donors (Lipinski definition) is 1. The Labute approximate surface area is 138 Å². The van der Waals surface area contributed by atoms with Gasteiger partial charge in [-0.1, -0.05) is 18.2 Å². The molecule has 1 aromatic rings. The Balaban J connectivity index is 1.84. The molecule has 1 fully saturated rings. The second-order valence-corrected chi connectivity index (χ2v) is 8.38. The molecule has 7 heteroatoms. The summed E-state index contributed by atoms with van der Waals surface area (Å²) in [5, 5.41) is 2.89. The third-order valence-corrected chi connectivity index (χ3v) is 6.20. The van der Waals surface area contributed by atoms with Gasteiger partial charge in [-0.2, -0.15) is 0 Å². The Kier molecular flexibility index (Phi) is 5.51. The maximum Gasteiger partial charge on any atom is 0.317 e. The van der Waals surface area contributed by atoms with Gasteiger partial charge >= 0.3 is 6.03 Å². The van der Waals surface area contributed by atoms with Crippen LogP contribution < -0.4 is 10.2 Å². The van der Waals surface area contributed by atoms with Gasteiger partial charge in [-0.25, -0.2) is 13.2 Å². The molecular weight excluding hydrogens is 314 g/mol. The summed E-state index contributed by atoms with van der Waals surface area (Å²) in [5.74, 6) is 0.235. The summed E-state index contributed by atoms with van der Waals surface area (Å²) >= 11 is 0. The lowest BCUT2D eigenvalue weighted by atomic mass is 10.2. The van der Waals surface area contributed by atoms with Gasteiger partial charge in [0.2, 0.25) is 0 Å². The number of likely N-dealkylation sites (N-methyl/N-ethyl adjacent to an activating group) is 1. The molecule has 23 heavy (non-hydrogen) atoms. The van der Waals surface area contributed by atoms with Gasteiger partial charge in [0.15, 0.2) is 9.84 Å². The Morgan fingerprint density at radius 1 is 1.30 bits per heavy atom. The summed E-state index contributed by atoms with van der Waals surface area (Å²) in [6.07, 6.45) is 0.520. The summed E-state index contributed by atoms with van der Waals surface area (Å²) in [5.41, 5.74) is 1.09. The molecule has 1 aromatic carbocycles. The maximum atomic E-state index is 12.2. The van der Waals surface area contributed by atoms with Crippen LogP contribution in [0.2, 0.25) is 0 Å². The number of urea groups is 1. The van der Waals surface area contributed by atoms with Crippen LogP contribution in [0.25, 0.3) is 0 Å². The lowest BCUT2D eigenvalue weighted by Crippen LogP contribution is -2.48. The van der Waals surface area contributed by atoms with Crippen molar-refractivity contribution in [2.45, 2.75) is 25.4 Å². The minimum Gasteiger partial charge on any atom is -0.370 e. The first kappa shape index (κ1) is 17.6. The van der Waals surface area contributed by atoms with Crippen LogP contribution in [-0.4, -0.2) is 63.6 Å². The van der Waals surface area contributed by atoms with Crippen LogP contribution >= 0.6 is 0 Å². The molecule has 0 radical (unpaired) electrons. The van der Waals surface area contributed by atoms with Gasteiger partial charge in [-0.05, 0) is 25.5 Å². The number of carbonyl (C=O) groups excluding carboxylic acids is 1. The number of amides is 2. The van der Waals surface area contributed by atoms with E-state index in [1.165, 1.54) is 4.90 Å². The molecule has 0 saturated carbocycles. The molecule has 0 bridgehead atoms. The van der Waals surface area contributed by atoms with Gasteiger partial charge in [0, 0.05) is 38.4 Å². The van der Waals surface area contributed by atoms with Crippen molar-refractivity contribution in [3.05, 3.63) is 30.3 Å². The van der Waals surface area contributed by atoms with Crippen LogP contribution in [0.3, 0.4) is 0 Å². The number of sulfone groups is 1. The van der Waals surface area contributed by atoms with Gasteiger partial charge in [0.1, 0.15) is 0 Å². The number of nitrogens with zero attached hydrogens (tertiary/aromatic N) is 2. The van der Waals surface area contributed by atoms with E-state index in [0.29, 0.717) is 13.0 Å². The van der Waals surface area contributed by atoms with Crippen LogP contribution in [0, 0.1) is 0 Å². The number of nitrogens with one attached hydrogen (secondary N) is 1. The average Bonchev–Trinajstić information content (AvgIpc) is 2.91. The number of benzene rings is 1. The van der Waals surface area contributed by atoms with Crippen molar-refractivity contribution in [2.75, 3.05) is 37.0 Å². The highest BCUT2D eigenvalue weighted by Gasteiger charge is 2.32. The van der Waals surface area contributed by atoms with Crippen molar-refractivity contribution in [3.63, 3.8) is 0 Å². The fraction of sp³-hybridized carbons (Fsp3) is 0.562. The van der Waals surface area contributed by atoms with E-state index in [4.69, 9.17) is 0 Å². The smallest absolute Gasteiger partial charge is 0.317 e. The van der Waals surface area contributed by atoms with Crippen LogP contribution in [0.5, 0.6) is 0 Å². The zero-order chi connectivity index (χ0) is 17.0. The predicted octanol–water partition coefficient (Wildman–Crippen LogP) is 1.34. The zero-order valence-corrected chi connectivity index (χ0v) is 14.7. The molecule has 0 aromatic heterocycles. The highest BCUT2D eigenvalue weighted by Crippen LogP contribution is 2.17. The fourth-order valence-corrected chi connectivity index (χ4v) is 4.44. The van der Waals surface area contributed by atoms with Gasteiger partial charge in [-0.15, -0.1) is 0 Å². The SMILES string of the molecule is C[C@H](CNC(=O)N(C)[C@H]1CCS(=O)(=O)C1)N(C)c1ccccc1. The van der Waals surface area contributed by atoms with E-state index in [9.17, 15) is 13.2 Å². The first-order chi connectivity index (χ1) is 10.8. The molecule has 2 amide bonds. The number of rotatable bonds is 5. The van der Waals surface area contributed by atoms with Gasteiger partial charge in [0.05, 0.1) is 11.5 Å². The molecule has 1 N–H and O–H groups in total. The quantitative estimate of drug-likeness (QED) is 0.879. The summed E-state index contributed by atoms with van der Waals surface area (Å²) < 4.78 is 23.0. The van der Waals surface area contributed by atoms with E-state index in [2.05, 4.69) is 10.2 Å². The zero-order valence-electron chi connectivity index (χ0n) is 13.9. The predicted molar refractivity (Wildman–Crippen MR) is 92.5 cm³/mol. The Bertz CT molecular complexity index is 633. The van der Waals surface area contributed by atoms with E-state index in [1.807, 2.05) is 44.3 Å². The molecular formula is C16H25N3O3S. The van der Waals surface area contributed by atoms with E-state index >= 15 is 0 Å². The molecule has 2 rings (SSSR count). The molecule has 1 heterocycles. The number of para-hydroxylation sites is 1. The first-order valence-electron chi connectivity index (χ1n) is 7.79. The van der Waals surface area contributed by atoms with Crippen LogP contribution in [0.15, 0.2) is 30.3 Å². The Morgan fingerprint density at radius 3 is 2.52 bits per heavy atom. The highest BCUT2D eigenvalue weighted by atomic mass is 32.2. The van der Waals surface area contributed by atoms with Gasteiger partial charge in [0.25, 0.3) is 0 Å². The average molecular weight is 339 g/mol. The number of hydrogen-bond acceptors (Lipinski definition) is 4. The van der Waals surface area contributed by atoms with Crippen molar-refractivity contribution in [1.82, 2.24) is 10.2 Å². The van der Waals surface area contributed by atoms with Crippen molar-refractivity contribution >= 4 is 21.6 Å². The second kappa shape index (κ2) is 7.21. The molecule has 1 aliphatic rings. The van der Waals surface area contributed by atoms with E-state index in [0.717, 1.165) is 5.69 Å². The van der Waals surface area contributed by atoms with Crippen LogP contribution in [0.4, 0.5) is 10.5 Å². The second-order valence-electron chi connectivity index (χ2n) is 6.15. The minimum absolute atomic E-state index is 0.0659. The summed E-state index contributed by atoms with van der Waals surface area (Å²) in [7, 11) is 0.660. The summed E-state index contributed by atoms with van der Waals surface area (Å²) in [6.45, 7) is 2.53. The molecule has 0 spiro atoms. The highest BCUT2D eigenvalue weighted by molar-refractivity contribution is 7.91. The van der Waals surface area contributed by atoms with Crippen molar-refractivity contribution in [2.24, 2.45) is 0 Å². The maximum absolute atomic E-state index is 12.2. The lowest BCUT2D eigenvalue weighted by molar-refractivity contribution is 0.194. The summed E-state index contributed by atoms with van der Waals surface area (Å²) in [6, 6.07) is 9.65. The third-order valence-electron chi connectivity index (χ3n) is 4.45. The Hall–Kier alpha value is -1.76. The minimum atomic E-state index is -2.98. The number of carbonyl (C=O) groups is 1. The topological polar surface area (TPSA) is 69.7 Å². The molecule has 1 aliphatic heterocycles. The van der Waals surface area contributed by atoms with Crippen LogP contribution in [-0.2, 0) is 9.84 Å². The lowest BCUT2D eigenvalue weighted by Gasteiger charge is -2.29. The molecule has 128 valence electrons. The van der Waals surface area contributed by atoms with Crippen molar-refractivity contribution < 1.29 is 13.2 Å². The van der Waals surface area contributed by atoms with Gasteiger partial charge < -0.3 is 15.1 Å². The molecule has 6 nitrogen and oxygen atoms in total.